The zero-order chi connectivity index (χ0) is 18.5. The lowest BCUT2D eigenvalue weighted by Crippen LogP contribution is -2.51. The van der Waals surface area contributed by atoms with E-state index < -0.39 is 0 Å². The molecule has 2 amide bonds. The van der Waals surface area contributed by atoms with E-state index in [2.05, 4.69) is 21.9 Å². The Balaban J connectivity index is 1.39. The summed E-state index contributed by atoms with van der Waals surface area (Å²) in [5, 5.41) is 0.761. The molecule has 0 radical (unpaired) electrons. The predicted molar refractivity (Wildman–Crippen MR) is 102 cm³/mol. The molecule has 2 aliphatic heterocycles. The lowest BCUT2D eigenvalue weighted by Gasteiger charge is -2.36. The summed E-state index contributed by atoms with van der Waals surface area (Å²) in [5.41, 5.74) is 6.61. The third-order valence-corrected chi connectivity index (χ3v) is 5.65. The molecule has 7 heteroatoms. The number of nitrogens with zero attached hydrogens (tertiary/aromatic N) is 3. The van der Waals surface area contributed by atoms with Crippen LogP contribution in [-0.4, -0.2) is 72.3 Å². The molecule has 2 fully saturated rings. The van der Waals surface area contributed by atoms with Gasteiger partial charge in [-0.2, -0.15) is 0 Å². The summed E-state index contributed by atoms with van der Waals surface area (Å²) in [6.45, 7) is 6.38. The molecule has 1 aromatic carbocycles. The van der Waals surface area contributed by atoms with Crippen LogP contribution in [0.3, 0.4) is 0 Å². The van der Waals surface area contributed by atoms with Gasteiger partial charge in [0.2, 0.25) is 11.8 Å². The van der Waals surface area contributed by atoms with Crippen LogP contribution in [0.4, 0.5) is 0 Å². The van der Waals surface area contributed by atoms with E-state index >= 15 is 0 Å². The van der Waals surface area contributed by atoms with E-state index in [-0.39, 0.29) is 17.7 Å². The molecule has 26 heavy (non-hydrogen) atoms. The molecule has 0 bridgehead atoms. The zero-order valence-electron chi connectivity index (χ0n) is 15.1. The minimum atomic E-state index is -0.242. The first-order chi connectivity index (χ1) is 12.5. The van der Waals surface area contributed by atoms with Crippen LogP contribution in [0.25, 0.3) is 0 Å². The minimum Gasteiger partial charge on any atom is -0.369 e. The average Bonchev–Trinajstić information content (AvgIpc) is 2.65. The van der Waals surface area contributed by atoms with Crippen LogP contribution in [0.2, 0.25) is 5.02 Å². The van der Waals surface area contributed by atoms with Gasteiger partial charge in [-0.1, -0.05) is 23.7 Å². The highest BCUT2D eigenvalue weighted by atomic mass is 35.5. The van der Waals surface area contributed by atoms with Crippen LogP contribution in [-0.2, 0) is 16.1 Å². The quantitative estimate of drug-likeness (QED) is 0.835. The van der Waals surface area contributed by atoms with E-state index in [9.17, 15) is 9.59 Å². The fourth-order valence-electron chi connectivity index (χ4n) is 3.66. The third-order valence-electron chi connectivity index (χ3n) is 5.39. The van der Waals surface area contributed by atoms with Crippen molar-refractivity contribution < 1.29 is 9.59 Å². The van der Waals surface area contributed by atoms with Crippen LogP contribution >= 0.6 is 11.6 Å². The summed E-state index contributed by atoms with van der Waals surface area (Å²) in [5.74, 6) is -0.150. The standard InChI is InChI=1S/C19H27ClN4O2/c20-17-3-1-15(2-4-17)13-22-9-11-23(12-10-22)14-18(25)24-7-5-16(6-8-24)19(21)26/h1-4,16H,5-14H2,(H2,21,26). The maximum absolute atomic E-state index is 12.5. The maximum atomic E-state index is 12.5. The number of halogens is 1. The first-order valence-electron chi connectivity index (χ1n) is 9.27. The zero-order valence-corrected chi connectivity index (χ0v) is 15.8. The molecular weight excluding hydrogens is 352 g/mol. The number of carbonyl (C=O) groups excluding carboxylic acids is 2. The van der Waals surface area contributed by atoms with Crippen molar-refractivity contribution in [1.29, 1.82) is 0 Å². The summed E-state index contributed by atoms with van der Waals surface area (Å²) in [6.07, 6.45) is 1.38. The number of rotatable bonds is 5. The van der Waals surface area contributed by atoms with E-state index in [1.807, 2.05) is 17.0 Å². The van der Waals surface area contributed by atoms with E-state index in [1.54, 1.807) is 0 Å². The molecule has 0 atom stereocenters. The molecule has 0 saturated carbocycles. The highest BCUT2D eigenvalue weighted by Crippen LogP contribution is 2.17. The number of piperidine rings is 1. The Hall–Kier alpha value is -1.63. The van der Waals surface area contributed by atoms with Gasteiger partial charge in [0.25, 0.3) is 0 Å². The molecule has 2 N–H and O–H groups in total. The van der Waals surface area contributed by atoms with Crippen LogP contribution in [0.5, 0.6) is 0 Å². The normalized spacial score (nSPS) is 20.3. The summed E-state index contributed by atoms with van der Waals surface area (Å²) in [6, 6.07) is 7.97. The highest BCUT2D eigenvalue weighted by molar-refractivity contribution is 6.30. The van der Waals surface area contributed by atoms with Crippen molar-refractivity contribution >= 4 is 23.4 Å². The third kappa shape index (κ3) is 5.19. The lowest BCUT2D eigenvalue weighted by atomic mass is 9.96. The first kappa shape index (κ1) is 19.1. The monoisotopic (exact) mass is 378 g/mol. The van der Waals surface area contributed by atoms with Gasteiger partial charge in [0, 0.05) is 56.8 Å². The molecule has 3 rings (SSSR count). The Bertz CT molecular complexity index is 621. The number of piperazine rings is 1. The van der Waals surface area contributed by atoms with Crippen LogP contribution < -0.4 is 5.73 Å². The Morgan fingerprint density at radius 1 is 0.962 bits per heavy atom. The van der Waals surface area contributed by atoms with Crippen molar-refractivity contribution in [2.24, 2.45) is 11.7 Å². The molecule has 0 spiro atoms. The Morgan fingerprint density at radius 2 is 1.54 bits per heavy atom. The van der Waals surface area contributed by atoms with Gasteiger partial charge in [0.05, 0.1) is 6.54 Å². The van der Waals surface area contributed by atoms with Crippen molar-refractivity contribution in [3.05, 3.63) is 34.9 Å². The van der Waals surface area contributed by atoms with Gasteiger partial charge in [0.15, 0.2) is 0 Å². The molecular formula is C19H27ClN4O2. The average molecular weight is 379 g/mol. The van der Waals surface area contributed by atoms with Gasteiger partial charge < -0.3 is 10.6 Å². The summed E-state index contributed by atoms with van der Waals surface area (Å²) < 4.78 is 0. The van der Waals surface area contributed by atoms with Gasteiger partial charge in [-0.05, 0) is 30.5 Å². The van der Waals surface area contributed by atoms with E-state index in [4.69, 9.17) is 17.3 Å². The van der Waals surface area contributed by atoms with Gasteiger partial charge >= 0.3 is 0 Å². The molecule has 2 saturated heterocycles. The van der Waals surface area contributed by atoms with Gasteiger partial charge in [-0.25, -0.2) is 0 Å². The van der Waals surface area contributed by atoms with Crippen molar-refractivity contribution in [2.45, 2.75) is 19.4 Å². The second kappa shape index (κ2) is 8.84. The number of benzene rings is 1. The second-order valence-electron chi connectivity index (χ2n) is 7.24. The molecule has 2 aliphatic rings. The number of hydrogen-bond donors (Lipinski definition) is 1. The Morgan fingerprint density at radius 3 is 2.12 bits per heavy atom. The molecule has 6 nitrogen and oxygen atoms in total. The lowest BCUT2D eigenvalue weighted by molar-refractivity contribution is -0.136. The molecule has 0 aromatic heterocycles. The van der Waals surface area contributed by atoms with E-state index in [1.165, 1.54) is 5.56 Å². The van der Waals surface area contributed by atoms with Gasteiger partial charge in [0.1, 0.15) is 0 Å². The van der Waals surface area contributed by atoms with Crippen LogP contribution in [0.1, 0.15) is 18.4 Å². The SMILES string of the molecule is NC(=O)C1CCN(C(=O)CN2CCN(Cc3ccc(Cl)cc3)CC2)CC1. The minimum absolute atomic E-state index is 0.0736. The van der Waals surface area contributed by atoms with Gasteiger partial charge in [-0.15, -0.1) is 0 Å². The number of primary amides is 1. The Labute approximate surface area is 159 Å². The second-order valence-corrected chi connectivity index (χ2v) is 7.67. The fourth-order valence-corrected chi connectivity index (χ4v) is 3.78. The number of likely N-dealkylation sites (tertiary alicyclic amines) is 1. The van der Waals surface area contributed by atoms with Crippen LogP contribution in [0, 0.1) is 5.92 Å². The largest absolute Gasteiger partial charge is 0.369 e. The number of nitrogens with two attached hydrogens (primary N) is 1. The smallest absolute Gasteiger partial charge is 0.236 e. The number of carbonyl (C=O) groups is 2. The molecule has 0 unspecified atom stereocenters. The molecule has 1 aromatic rings. The first-order valence-corrected chi connectivity index (χ1v) is 9.65. The highest BCUT2D eigenvalue weighted by Gasteiger charge is 2.27. The summed E-state index contributed by atoms with van der Waals surface area (Å²) in [7, 11) is 0. The maximum Gasteiger partial charge on any atom is 0.236 e. The topological polar surface area (TPSA) is 69.9 Å². The number of hydrogen-bond acceptors (Lipinski definition) is 4. The van der Waals surface area contributed by atoms with Crippen molar-refractivity contribution in [2.75, 3.05) is 45.8 Å². The van der Waals surface area contributed by atoms with E-state index in [0.717, 1.165) is 37.7 Å². The van der Waals surface area contributed by atoms with Crippen molar-refractivity contribution in [3.8, 4) is 0 Å². The fraction of sp³-hybridized carbons (Fsp3) is 0.579. The van der Waals surface area contributed by atoms with Crippen molar-refractivity contribution in [3.63, 3.8) is 0 Å². The van der Waals surface area contributed by atoms with Crippen molar-refractivity contribution in [1.82, 2.24) is 14.7 Å². The summed E-state index contributed by atoms with van der Waals surface area (Å²) >= 11 is 5.93. The van der Waals surface area contributed by atoms with Crippen LogP contribution in [0.15, 0.2) is 24.3 Å². The number of amides is 2. The predicted octanol–water partition coefficient (Wildman–Crippen LogP) is 1.18. The Kier molecular flexibility index (Phi) is 6.51. The van der Waals surface area contributed by atoms with E-state index in [0.29, 0.717) is 32.5 Å². The van der Waals surface area contributed by atoms with Gasteiger partial charge in [-0.3, -0.25) is 19.4 Å². The molecule has 2 heterocycles. The molecule has 0 aliphatic carbocycles. The summed E-state index contributed by atoms with van der Waals surface area (Å²) in [4.78, 5) is 30.2. The molecule has 142 valence electrons.